The van der Waals surface area contributed by atoms with E-state index < -0.39 is 26.1 Å². The van der Waals surface area contributed by atoms with Crippen molar-refractivity contribution in [2.75, 3.05) is 11.3 Å². The van der Waals surface area contributed by atoms with E-state index in [0.717, 1.165) is 24.3 Å². The monoisotopic (exact) mass is 375 g/mol. The first-order valence-corrected chi connectivity index (χ1v) is 9.80. The third kappa shape index (κ3) is 4.32. The number of aromatic nitrogens is 1. The summed E-state index contributed by atoms with van der Waals surface area (Å²) in [5, 5.41) is 12.4. The summed E-state index contributed by atoms with van der Waals surface area (Å²) in [6.07, 6.45) is 0. The lowest BCUT2D eigenvalue weighted by molar-refractivity contribution is 0.265. The van der Waals surface area contributed by atoms with Crippen LogP contribution in [0.5, 0.6) is 0 Å². The van der Waals surface area contributed by atoms with Crippen molar-refractivity contribution in [3.05, 3.63) is 36.1 Å². The molecule has 9 nitrogen and oxygen atoms in total. The van der Waals surface area contributed by atoms with Gasteiger partial charge in [0.2, 0.25) is 10.0 Å². The van der Waals surface area contributed by atoms with Crippen LogP contribution in [0.4, 0.5) is 5.82 Å². The second-order valence-electron chi connectivity index (χ2n) is 5.10. The van der Waals surface area contributed by atoms with Gasteiger partial charge in [0.05, 0.1) is 16.4 Å². The van der Waals surface area contributed by atoms with Crippen molar-refractivity contribution in [3.8, 4) is 0 Å². The molecule has 0 aliphatic heterocycles. The molecule has 1 atom stereocenters. The number of nitrogens with one attached hydrogen (secondary N) is 2. The summed E-state index contributed by atoms with van der Waals surface area (Å²) in [7, 11) is -7.76. The molecule has 1 aromatic carbocycles. The van der Waals surface area contributed by atoms with Crippen LogP contribution in [0, 0.1) is 6.92 Å². The highest BCUT2D eigenvalue weighted by Gasteiger charge is 2.20. The molecule has 3 N–H and O–H groups in total. The molecular formula is C13H17N3O6S2. The van der Waals surface area contributed by atoms with Gasteiger partial charge in [0.15, 0.2) is 5.82 Å². The Labute approximate surface area is 139 Å². The number of hydrogen-bond donors (Lipinski definition) is 3. The Hall–Kier alpha value is -1.95. The Morgan fingerprint density at radius 3 is 2.12 bits per heavy atom. The highest BCUT2D eigenvalue weighted by Crippen LogP contribution is 2.18. The first-order valence-electron chi connectivity index (χ1n) is 6.83. The summed E-state index contributed by atoms with van der Waals surface area (Å²) in [6.45, 7) is 2.76. The molecule has 0 aliphatic rings. The quantitative estimate of drug-likeness (QED) is 0.638. The lowest BCUT2D eigenvalue weighted by Gasteiger charge is -2.12. The van der Waals surface area contributed by atoms with E-state index in [1.165, 1.54) is 13.0 Å². The molecule has 0 aliphatic carbocycles. The zero-order valence-corrected chi connectivity index (χ0v) is 14.6. The maximum absolute atomic E-state index is 12.2. The van der Waals surface area contributed by atoms with Crippen LogP contribution in [-0.2, 0) is 20.0 Å². The van der Waals surface area contributed by atoms with E-state index in [4.69, 9.17) is 9.63 Å². The number of nitrogens with zero attached hydrogens (tertiary/aromatic N) is 1. The Morgan fingerprint density at radius 2 is 1.67 bits per heavy atom. The van der Waals surface area contributed by atoms with Crippen molar-refractivity contribution in [2.24, 2.45) is 0 Å². The minimum absolute atomic E-state index is 0.0302. The number of aliphatic hydroxyl groups excluding tert-OH is 1. The van der Waals surface area contributed by atoms with Crippen LogP contribution in [0.25, 0.3) is 0 Å². The van der Waals surface area contributed by atoms with Crippen LogP contribution in [0.1, 0.15) is 12.7 Å². The normalized spacial score (nSPS) is 13.6. The number of rotatable bonds is 7. The zero-order valence-electron chi connectivity index (χ0n) is 12.9. The molecule has 1 heterocycles. The average Bonchev–Trinajstić information content (AvgIpc) is 2.91. The molecule has 0 saturated carbocycles. The van der Waals surface area contributed by atoms with Gasteiger partial charge < -0.3 is 9.63 Å². The van der Waals surface area contributed by atoms with E-state index in [1.54, 1.807) is 6.92 Å². The lowest BCUT2D eigenvalue weighted by atomic mass is 10.4. The molecule has 0 spiro atoms. The lowest BCUT2D eigenvalue weighted by Crippen LogP contribution is -2.35. The molecule has 132 valence electrons. The highest BCUT2D eigenvalue weighted by molar-refractivity contribution is 7.92. The van der Waals surface area contributed by atoms with E-state index in [-0.39, 0.29) is 22.2 Å². The molecule has 0 amide bonds. The summed E-state index contributed by atoms with van der Waals surface area (Å²) in [5.41, 5.74) is 0. The Kier molecular flexibility index (Phi) is 5.28. The standard InChI is InChI=1S/C13H17N3O6S2/c1-9(8-17)15-23(18,19)11-3-5-12(6-4-11)24(20,21)16-13-7-10(2)22-14-13/h3-7,9,15,17H,8H2,1-2H3,(H,14,16)/t9-/m0/s1. The zero-order chi connectivity index (χ0) is 18.0. The fourth-order valence-electron chi connectivity index (χ4n) is 1.78. The van der Waals surface area contributed by atoms with Crippen molar-refractivity contribution >= 4 is 25.9 Å². The molecule has 11 heteroatoms. The topological polar surface area (TPSA) is 139 Å². The number of anilines is 1. The summed E-state index contributed by atoms with van der Waals surface area (Å²) >= 11 is 0. The molecule has 0 saturated heterocycles. The second kappa shape index (κ2) is 6.89. The van der Waals surface area contributed by atoms with Crippen LogP contribution >= 0.6 is 0 Å². The van der Waals surface area contributed by atoms with Gasteiger partial charge in [-0.1, -0.05) is 5.16 Å². The van der Waals surface area contributed by atoms with Gasteiger partial charge in [0.1, 0.15) is 5.76 Å². The van der Waals surface area contributed by atoms with Gasteiger partial charge >= 0.3 is 0 Å². The van der Waals surface area contributed by atoms with Gasteiger partial charge in [0, 0.05) is 12.1 Å². The molecule has 0 radical (unpaired) electrons. The van der Waals surface area contributed by atoms with Crippen molar-refractivity contribution in [2.45, 2.75) is 29.7 Å². The third-order valence-electron chi connectivity index (χ3n) is 2.94. The Balaban J connectivity index is 2.22. The van der Waals surface area contributed by atoms with Gasteiger partial charge in [0.25, 0.3) is 10.0 Å². The first-order chi connectivity index (χ1) is 11.1. The van der Waals surface area contributed by atoms with Gasteiger partial charge in [-0.2, -0.15) is 0 Å². The predicted molar refractivity (Wildman–Crippen MR) is 85.4 cm³/mol. The van der Waals surface area contributed by atoms with Gasteiger partial charge in [-0.15, -0.1) is 0 Å². The fourth-order valence-corrected chi connectivity index (χ4v) is 4.00. The third-order valence-corrected chi connectivity index (χ3v) is 5.92. The minimum Gasteiger partial charge on any atom is -0.395 e. The van der Waals surface area contributed by atoms with Crippen molar-refractivity contribution in [1.82, 2.24) is 9.88 Å². The van der Waals surface area contributed by atoms with Crippen molar-refractivity contribution < 1.29 is 26.5 Å². The highest BCUT2D eigenvalue weighted by atomic mass is 32.2. The van der Waals surface area contributed by atoms with Gasteiger partial charge in [-0.25, -0.2) is 21.6 Å². The van der Waals surface area contributed by atoms with Crippen LogP contribution in [0.15, 0.2) is 44.6 Å². The predicted octanol–water partition coefficient (Wildman–Crippen LogP) is 0.443. The van der Waals surface area contributed by atoms with E-state index in [0.29, 0.717) is 5.76 Å². The summed E-state index contributed by atoms with van der Waals surface area (Å²) in [4.78, 5) is -0.239. The van der Waals surface area contributed by atoms with E-state index in [1.807, 2.05) is 0 Å². The number of sulfonamides is 2. The molecule has 0 fully saturated rings. The molecule has 24 heavy (non-hydrogen) atoms. The van der Waals surface area contributed by atoms with Crippen LogP contribution in [0.3, 0.4) is 0 Å². The van der Waals surface area contributed by atoms with Gasteiger partial charge in [-0.3, -0.25) is 4.72 Å². The van der Waals surface area contributed by atoms with Gasteiger partial charge in [-0.05, 0) is 38.1 Å². The molecule has 0 bridgehead atoms. The van der Waals surface area contributed by atoms with Crippen molar-refractivity contribution in [3.63, 3.8) is 0 Å². The average molecular weight is 375 g/mol. The van der Waals surface area contributed by atoms with E-state index in [2.05, 4.69) is 14.6 Å². The number of aliphatic hydroxyl groups is 1. The minimum atomic E-state index is -3.92. The Bertz CT molecular complexity index is 903. The summed E-state index contributed by atoms with van der Waals surface area (Å²) < 4.78 is 57.8. The molecule has 2 rings (SSSR count). The van der Waals surface area contributed by atoms with Crippen molar-refractivity contribution in [1.29, 1.82) is 0 Å². The second-order valence-corrected chi connectivity index (χ2v) is 8.50. The fraction of sp³-hybridized carbons (Fsp3) is 0.308. The molecular weight excluding hydrogens is 358 g/mol. The number of aryl methyl sites for hydroxylation is 1. The van der Waals surface area contributed by atoms with E-state index >= 15 is 0 Å². The first kappa shape index (κ1) is 18.4. The van der Waals surface area contributed by atoms with Crippen LogP contribution < -0.4 is 9.44 Å². The smallest absolute Gasteiger partial charge is 0.263 e. The molecule has 2 aromatic rings. The summed E-state index contributed by atoms with van der Waals surface area (Å²) in [5.74, 6) is 0.473. The van der Waals surface area contributed by atoms with E-state index in [9.17, 15) is 16.8 Å². The number of hydrogen-bond acceptors (Lipinski definition) is 7. The maximum atomic E-state index is 12.2. The summed E-state index contributed by atoms with van der Waals surface area (Å²) in [6, 6.07) is 5.40. The SMILES string of the molecule is Cc1cc(NS(=O)(=O)c2ccc(S(=O)(=O)N[C@@H](C)CO)cc2)no1. The Morgan fingerprint density at radius 1 is 1.12 bits per heavy atom. The van der Waals surface area contributed by atoms with Crippen LogP contribution in [-0.4, -0.2) is 39.7 Å². The largest absolute Gasteiger partial charge is 0.395 e. The number of benzene rings is 1. The molecule has 1 aromatic heterocycles. The maximum Gasteiger partial charge on any atom is 0.263 e. The van der Waals surface area contributed by atoms with Crippen LogP contribution in [0.2, 0.25) is 0 Å². The molecule has 0 unspecified atom stereocenters.